The van der Waals surface area contributed by atoms with E-state index in [0.717, 1.165) is 0 Å². The Labute approximate surface area is 79.9 Å². The summed E-state index contributed by atoms with van der Waals surface area (Å²) in [5.41, 5.74) is 0. The molecule has 0 bridgehead atoms. The first kappa shape index (κ1) is 9.65. The predicted molar refractivity (Wildman–Crippen MR) is 34.4 cm³/mol. The van der Waals surface area contributed by atoms with Crippen LogP contribution < -0.4 is 10.4 Å². The molecule has 0 aromatic rings. The first-order valence-electron chi connectivity index (χ1n) is 2.20. The molecule has 0 aromatic carbocycles. The second-order valence-electron chi connectivity index (χ2n) is 1.45. The summed E-state index contributed by atoms with van der Waals surface area (Å²) in [6.07, 6.45) is 0. The third-order valence-electron chi connectivity index (χ3n) is 0.873. The zero-order chi connectivity index (χ0) is 5.98. The molecule has 1 heterocycles. The van der Waals surface area contributed by atoms with Crippen LogP contribution in [0.2, 0.25) is 0 Å². The van der Waals surface area contributed by atoms with Crippen molar-refractivity contribution in [2.75, 3.05) is 5.88 Å². The number of rotatable bonds is 1. The molecule has 0 amide bonds. The van der Waals surface area contributed by atoms with Crippen LogP contribution in [-0.4, -0.2) is 47.4 Å². The Kier molecular flexibility index (Phi) is 4.79. The number of thioether (sulfide) groups is 1. The molecule has 9 heavy (non-hydrogen) atoms. The number of carbonyl (C=O) groups is 1. The molecule has 1 saturated heterocycles. The van der Waals surface area contributed by atoms with Crippen LogP contribution in [0.1, 0.15) is 0 Å². The average Bonchev–Trinajstić information content (AvgIpc) is 2.12. The molecule has 0 saturated carbocycles. The Hall–Kier alpha value is 0.650. The van der Waals surface area contributed by atoms with Crippen LogP contribution in [0.15, 0.2) is 0 Å². The van der Waals surface area contributed by atoms with Crippen LogP contribution in [0.5, 0.6) is 0 Å². The van der Waals surface area contributed by atoms with E-state index in [2.05, 4.69) is 5.32 Å². The third-order valence-corrected chi connectivity index (χ3v) is 1.67. The number of nitrogens with one attached hydrogen (secondary N) is 1. The van der Waals surface area contributed by atoms with E-state index < -0.39 is 12.0 Å². The summed E-state index contributed by atoms with van der Waals surface area (Å²) in [4.78, 5) is 9.98. The fourth-order valence-corrected chi connectivity index (χ4v) is 1.24. The minimum absolute atomic E-state index is 0. The van der Waals surface area contributed by atoms with Gasteiger partial charge in [-0.3, -0.25) is 5.32 Å². The Balaban J connectivity index is 0.000000640. The van der Waals surface area contributed by atoms with Gasteiger partial charge < -0.3 is 9.90 Å². The van der Waals surface area contributed by atoms with Crippen molar-refractivity contribution in [1.29, 1.82) is 0 Å². The molecule has 0 aromatic heterocycles. The van der Waals surface area contributed by atoms with Crippen molar-refractivity contribution in [3.05, 3.63) is 5.75 Å². The second-order valence-corrected chi connectivity index (χ2v) is 2.34. The van der Waals surface area contributed by atoms with Gasteiger partial charge >= 0.3 is 0 Å². The van der Waals surface area contributed by atoms with Gasteiger partial charge in [0.1, 0.15) is 5.97 Å². The molecule has 3 nitrogen and oxygen atoms in total. The van der Waals surface area contributed by atoms with Gasteiger partial charge in [-0.05, 0) is 0 Å². The predicted octanol–water partition coefficient (Wildman–Crippen LogP) is -1.82. The van der Waals surface area contributed by atoms with E-state index in [1.165, 1.54) is 11.8 Å². The molecule has 0 spiro atoms. The van der Waals surface area contributed by atoms with Gasteiger partial charge in [0.2, 0.25) is 6.04 Å². The molecule has 1 atom stereocenters. The topological polar surface area (TPSA) is 52.2 Å². The minimum Gasteiger partial charge on any atom is -0.544 e. The van der Waals surface area contributed by atoms with Crippen molar-refractivity contribution >= 4 is 47.3 Å². The standard InChI is InChI=1S/C4H5NO2S.Na/c6-4(7)3-1-8-2-5-3;/h1,3,5H,2H2;. The molecule has 1 aliphatic heterocycles. The monoisotopic (exact) mass is 154 g/mol. The molecular weight excluding hydrogens is 149 g/mol. The SMILES string of the molecule is O=C([O-])C1[CH+]SCN1.[Na]. The summed E-state index contributed by atoms with van der Waals surface area (Å²) in [6, 6.07) is -0.542. The maximum Gasteiger partial charge on any atom is 0.202 e. The second kappa shape index (κ2) is 4.46. The molecule has 5 heteroatoms. The van der Waals surface area contributed by atoms with Crippen LogP contribution in [0, 0.1) is 5.75 Å². The van der Waals surface area contributed by atoms with E-state index in [4.69, 9.17) is 0 Å². The van der Waals surface area contributed by atoms with Crippen LogP contribution in [0.25, 0.3) is 0 Å². The Morgan fingerprint density at radius 2 is 2.56 bits per heavy atom. The maximum atomic E-state index is 9.98. The van der Waals surface area contributed by atoms with E-state index in [1.807, 2.05) is 0 Å². The molecule has 0 aliphatic carbocycles. The number of carboxylic acids is 1. The Morgan fingerprint density at radius 3 is 2.78 bits per heavy atom. The maximum absolute atomic E-state index is 9.98. The first-order chi connectivity index (χ1) is 3.80. The molecule has 1 rings (SSSR count). The van der Waals surface area contributed by atoms with Gasteiger partial charge in [0.25, 0.3) is 0 Å². The number of hydrogen-bond donors (Lipinski definition) is 1. The summed E-state index contributed by atoms with van der Waals surface area (Å²) in [5.74, 6) is 1.25. The van der Waals surface area contributed by atoms with Gasteiger partial charge in [-0.25, -0.2) is 0 Å². The van der Waals surface area contributed by atoms with Gasteiger partial charge in [-0.15, -0.1) is 0 Å². The molecule has 1 N–H and O–H groups in total. The van der Waals surface area contributed by atoms with Crippen LogP contribution in [0.4, 0.5) is 0 Å². The van der Waals surface area contributed by atoms with E-state index in [-0.39, 0.29) is 29.6 Å². The van der Waals surface area contributed by atoms with Gasteiger partial charge in [-0.2, -0.15) is 0 Å². The van der Waals surface area contributed by atoms with Crippen molar-refractivity contribution in [2.24, 2.45) is 0 Å². The van der Waals surface area contributed by atoms with E-state index in [9.17, 15) is 9.90 Å². The van der Waals surface area contributed by atoms with Crippen LogP contribution in [-0.2, 0) is 4.79 Å². The summed E-state index contributed by atoms with van der Waals surface area (Å²) in [6.45, 7) is 0. The Bertz CT molecular complexity index is 105. The number of hydrogen-bond acceptors (Lipinski definition) is 4. The summed E-state index contributed by atoms with van der Waals surface area (Å²) in [5, 5.41) is 12.7. The quantitative estimate of drug-likeness (QED) is 0.357. The number of carboxylic acid groups (broad SMARTS) is 1. The molecular formula is C4H5NNaO2S. The van der Waals surface area contributed by atoms with Gasteiger partial charge in [-0.1, -0.05) is 0 Å². The minimum atomic E-state index is -1.05. The van der Waals surface area contributed by atoms with E-state index >= 15 is 0 Å². The summed E-state index contributed by atoms with van der Waals surface area (Å²) >= 11 is 1.45. The zero-order valence-corrected chi connectivity index (χ0v) is 7.90. The van der Waals surface area contributed by atoms with Crippen molar-refractivity contribution in [3.63, 3.8) is 0 Å². The molecule has 45 valence electrons. The smallest absolute Gasteiger partial charge is 0.202 e. The van der Waals surface area contributed by atoms with Gasteiger partial charge in [0.05, 0.1) is 17.6 Å². The normalized spacial score (nSPS) is 24.2. The van der Waals surface area contributed by atoms with Crippen molar-refractivity contribution < 1.29 is 9.90 Å². The largest absolute Gasteiger partial charge is 0.544 e. The fraction of sp³-hybridized carbons (Fsp3) is 0.500. The summed E-state index contributed by atoms with van der Waals surface area (Å²) < 4.78 is 0. The molecule has 1 radical (unpaired) electrons. The van der Waals surface area contributed by atoms with Crippen LogP contribution in [0.3, 0.4) is 0 Å². The summed E-state index contributed by atoms with van der Waals surface area (Å²) in [7, 11) is 0. The average molecular weight is 154 g/mol. The number of carbonyl (C=O) groups excluding carboxylic acids is 1. The zero-order valence-electron chi connectivity index (χ0n) is 5.09. The van der Waals surface area contributed by atoms with Crippen molar-refractivity contribution in [1.82, 2.24) is 5.32 Å². The van der Waals surface area contributed by atoms with Gasteiger partial charge in [0.15, 0.2) is 5.75 Å². The van der Waals surface area contributed by atoms with E-state index in [1.54, 1.807) is 5.75 Å². The molecule has 1 aliphatic rings. The van der Waals surface area contributed by atoms with E-state index in [0.29, 0.717) is 5.88 Å². The fourth-order valence-electron chi connectivity index (χ4n) is 0.469. The number of aliphatic carboxylic acids is 1. The van der Waals surface area contributed by atoms with Crippen molar-refractivity contribution in [3.8, 4) is 0 Å². The molecule has 1 fully saturated rings. The van der Waals surface area contributed by atoms with Gasteiger partial charge in [0, 0.05) is 29.6 Å². The molecule has 1 unspecified atom stereocenters. The van der Waals surface area contributed by atoms with Crippen molar-refractivity contribution in [2.45, 2.75) is 6.04 Å². The van der Waals surface area contributed by atoms with Crippen LogP contribution >= 0.6 is 11.8 Å². The first-order valence-corrected chi connectivity index (χ1v) is 3.25. The Morgan fingerprint density at radius 1 is 1.89 bits per heavy atom. The third kappa shape index (κ3) is 2.82.